The molecule has 2 N–H and O–H groups in total. The van der Waals surface area contributed by atoms with Crippen molar-refractivity contribution in [1.82, 2.24) is 25.1 Å². The molecule has 0 aliphatic carbocycles. The molecule has 2 aromatic carbocycles. The molecule has 1 aliphatic heterocycles. The van der Waals surface area contributed by atoms with Gasteiger partial charge in [-0.2, -0.15) is 0 Å². The quantitative estimate of drug-likeness (QED) is 0.421. The van der Waals surface area contributed by atoms with E-state index in [1.807, 2.05) is 31.2 Å². The minimum atomic E-state index is -0.883. The zero-order valence-corrected chi connectivity index (χ0v) is 22.9. The van der Waals surface area contributed by atoms with Crippen LogP contribution in [0.3, 0.4) is 0 Å². The maximum Gasteiger partial charge on any atom is 0.244 e. The van der Waals surface area contributed by atoms with Crippen LogP contribution >= 0.6 is 0 Å². The topological polar surface area (TPSA) is 98.7 Å². The number of rotatable bonds is 9. The van der Waals surface area contributed by atoms with E-state index in [9.17, 15) is 23.5 Å². The molecule has 1 aromatic heterocycles. The lowest BCUT2D eigenvalue weighted by atomic mass is 9.95. The second-order valence-corrected chi connectivity index (χ2v) is 10.4. The lowest BCUT2D eigenvalue weighted by Gasteiger charge is -2.48. The van der Waals surface area contributed by atoms with Gasteiger partial charge in [-0.1, -0.05) is 44.2 Å². The van der Waals surface area contributed by atoms with Gasteiger partial charge < -0.3 is 15.3 Å². The second kappa shape index (κ2) is 13.1. The summed E-state index contributed by atoms with van der Waals surface area (Å²) in [4.78, 5) is 38.7. The maximum absolute atomic E-state index is 14.8. The molecule has 0 saturated carbocycles. The Kier molecular flexibility index (Phi) is 9.54. The fourth-order valence-electron chi connectivity index (χ4n) is 5.24. The summed E-state index contributed by atoms with van der Waals surface area (Å²) in [5.41, 5.74) is 1.55. The van der Waals surface area contributed by atoms with Crippen LogP contribution in [0, 0.1) is 17.6 Å². The maximum atomic E-state index is 14.8. The molecule has 0 spiro atoms. The summed E-state index contributed by atoms with van der Waals surface area (Å²) in [5, 5.41) is 12.7. The number of piperazine rings is 1. The van der Waals surface area contributed by atoms with E-state index in [0.29, 0.717) is 12.4 Å². The molecule has 1 fully saturated rings. The number of nitrogens with one attached hydrogen (secondary N) is 1. The zero-order chi connectivity index (χ0) is 28.8. The van der Waals surface area contributed by atoms with E-state index in [0.717, 1.165) is 11.1 Å². The van der Waals surface area contributed by atoms with Crippen molar-refractivity contribution in [1.29, 1.82) is 0 Å². The van der Waals surface area contributed by atoms with Gasteiger partial charge in [-0.3, -0.25) is 14.5 Å². The molecule has 40 heavy (non-hydrogen) atoms. The van der Waals surface area contributed by atoms with Crippen molar-refractivity contribution in [2.75, 3.05) is 19.7 Å². The van der Waals surface area contributed by atoms with Crippen LogP contribution in [0.25, 0.3) is 11.4 Å². The van der Waals surface area contributed by atoms with E-state index >= 15 is 0 Å². The van der Waals surface area contributed by atoms with Gasteiger partial charge in [0.15, 0.2) is 5.82 Å². The first-order chi connectivity index (χ1) is 19.2. The predicted molar refractivity (Wildman–Crippen MR) is 147 cm³/mol. The Morgan fingerprint density at radius 1 is 1.02 bits per heavy atom. The molecule has 3 aromatic rings. The van der Waals surface area contributed by atoms with Crippen LogP contribution in [0.5, 0.6) is 0 Å². The molecule has 212 valence electrons. The summed E-state index contributed by atoms with van der Waals surface area (Å²) in [5.74, 6) is -1.70. The van der Waals surface area contributed by atoms with Crippen LogP contribution in [0.2, 0.25) is 0 Å². The minimum Gasteiger partial charge on any atom is -0.396 e. The van der Waals surface area contributed by atoms with E-state index in [2.05, 4.69) is 15.3 Å². The van der Waals surface area contributed by atoms with Gasteiger partial charge >= 0.3 is 0 Å². The van der Waals surface area contributed by atoms with Gasteiger partial charge in [-0.25, -0.2) is 18.7 Å². The van der Waals surface area contributed by atoms with Crippen molar-refractivity contribution in [2.24, 2.45) is 5.92 Å². The fourth-order valence-corrected chi connectivity index (χ4v) is 5.24. The molecule has 2 amide bonds. The first kappa shape index (κ1) is 29.2. The molecule has 2 heterocycles. The zero-order valence-electron chi connectivity index (χ0n) is 22.9. The number of hydrogen-bond acceptors (Lipinski definition) is 6. The molecule has 10 heteroatoms. The summed E-state index contributed by atoms with van der Waals surface area (Å²) in [6.07, 6.45) is 3.41. The number of carbonyl (C=O) groups excluding carboxylic acids is 2. The predicted octanol–water partition coefficient (Wildman–Crippen LogP) is 3.72. The minimum absolute atomic E-state index is 0.0668. The average Bonchev–Trinajstić information content (AvgIpc) is 2.95. The van der Waals surface area contributed by atoms with Gasteiger partial charge in [0.25, 0.3) is 0 Å². The van der Waals surface area contributed by atoms with Crippen molar-refractivity contribution >= 4 is 11.8 Å². The van der Waals surface area contributed by atoms with Crippen molar-refractivity contribution in [3.8, 4) is 11.4 Å². The van der Waals surface area contributed by atoms with Gasteiger partial charge in [-0.15, -0.1) is 0 Å². The van der Waals surface area contributed by atoms with E-state index in [1.165, 1.54) is 18.2 Å². The van der Waals surface area contributed by atoms with Gasteiger partial charge in [0, 0.05) is 67.8 Å². The molecule has 0 bridgehead atoms. The normalized spacial score (nSPS) is 18.5. The molecule has 8 nitrogen and oxygen atoms in total. The Bertz CT molecular complexity index is 1290. The average molecular weight is 552 g/mol. The van der Waals surface area contributed by atoms with Crippen molar-refractivity contribution < 1.29 is 23.5 Å². The molecule has 3 atom stereocenters. The summed E-state index contributed by atoms with van der Waals surface area (Å²) >= 11 is 0. The van der Waals surface area contributed by atoms with Gasteiger partial charge in [-0.05, 0) is 37.1 Å². The monoisotopic (exact) mass is 551 g/mol. The van der Waals surface area contributed by atoms with Crippen LogP contribution in [0.4, 0.5) is 8.78 Å². The number of carbonyl (C=O) groups is 2. The SMILES string of the molecule is CC(C)C(=O)N1[C@H](C)CN([C@H](CCO)c2c(F)cccc2F)C[C@@H]1C(=O)NCc1ccc(-c2ncccn2)cc1. The number of aliphatic hydroxyl groups excluding tert-OH is 1. The first-order valence-corrected chi connectivity index (χ1v) is 13.5. The molecule has 4 rings (SSSR count). The number of benzene rings is 2. The Morgan fingerprint density at radius 3 is 2.27 bits per heavy atom. The molecule has 1 saturated heterocycles. The molecular formula is C30H35F2N5O3. The number of halogens is 2. The van der Waals surface area contributed by atoms with Gasteiger partial charge in [0.05, 0.1) is 0 Å². The largest absolute Gasteiger partial charge is 0.396 e. The molecule has 0 radical (unpaired) electrons. The highest BCUT2D eigenvalue weighted by Gasteiger charge is 2.42. The highest BCUT2D eigenvalue weighted by molar-refractivity contribution is 5.89. The number of aromatic nitrogens is 2. The Morgan fingerprint density at radius 2 is 1.68 bits per heavy atom. The van der Waals surface area contributed by atoms with E-state index in [4.69, 9.17) is 0 Å². The highest BCUT2D eigenvalue weighted by Crippen LogP contribution is 2.33. The highest BCUT2D eigenvalue weighted by atomic mass is 19.1. The summed E-state index contributed by atoms with van der Waals surface area (Å²) < 4.78 is 29.6. The Hall–Kier alpha value is -3.76. The summed E-state index contributed by atoms with van der Waals surface area (Å²) in [6, 6.07) is 10.8. The van der Waals surface area contributed by atoms with Gasteiger partial charge in [0.1, 0.15) is 17.7 Å². The third-order valence-corrected chi connectivity index (χ3v) is 7.19. The van der Waals surface area contributed by atoms with Crippen LogP contribution in [0.15, 0.2) is 60.9 Å². The van der Waals surface area contributed by atoms with Crippen LogP contribution in [0.1, 0.15) is 44.4 Å². The molecular weight excluding hydrogens is 516 g/mol. The van der Waals surface area contributed by atoms with Crippen LogP contribution in [-0.4, -0.2) is 68.5 Å². The lowest BCUT2D eigenvalue weighted by molar-refractivity contribution is -0.151. The van der Waals surface area contributed by atoms with E-state index < -0.39 is 29.8 Å². The third kappa shape index (κ3) is 6.51. The van der Waals surface area contributed by atoms with Gasteiger partial charge in [0.2, 0.25) is 11.8 Å². The Balaban J connectivity index is 1.55. The van der Waals surface area contributed by atoms with E-state index in [1.54, 1.807) is 42.1 Å². The smallest absolute Gasteiger partial charge is 0.244 e. The standard InChI is InChI=1S/C30H35F2N5O3/c1-19(2)30(40)37-20(3)17-36(25(12-15-38)27-23(31)6-4-7-24(27)32)18-26(37)29(39)35-16-21-8-10-22(11-9-21)28-33-13-5-14-34-28/h4-11,13-14,19-20,25-26,38H,12,15-18H2,1-3H3,(H,35,39)/t20-,25-,26-/m1/s1. The van der Waals surface area contributed by atoms with Crippen LogP contribution < -0.4 is 5.32 Å². The lowest BCUT2D eigenvalue weighted by Crippen LogP contribution is -2.65. The van der Waals surface area contributed by atoms with Crippen LogP contribution in [-0.2, 0) is 16.1 Å². The fraction of sp³-hybridized carbons (Fsp3) is 0.400. The molecule has 0 unspecified atom stereocenters. The van der Waals surface area contributed by atoms with Crippen molar-refractivity contribution in [2.45, 2.75) is 51.9 Å². The number of aliphatic hydroxyl groups is 1. The number of nitrogens with zero attached hydrogens (tertiary/aromatic N) is 4. The Labute approximate surface area is 233 Å². The van der Waals surface area contributed by atoms with E-state index in [-0.39, 0.29) is 49.4 Å². The summed E-state index contributed by atoms with van der Waals surface area (Å²) in [6.45, 7) is 5.67. The third-order valence-electron chi connectivity index (χ3n) is 7.19. The summed E-state index contributed by atoms with van der Waals surface area (Å²) in [7, 11) is 0. The first-order valence-electron chi connectivity index (χ1n) is 13.5. The number of amides is 2. The second-order valence-electron chi connectivity index (χ2n) is 10.4. The van der Waals surface area contributed by atoms with Crippen molar-refractivity contribution in [3.05, 3.63) is 83.7 Å². The number of hydrogen-bond donors (Lipinski definition) is 2. The van der Waals surface area contributed by atoms with Crippen molar-refractivity contribution in [3.63, 3.8) is 0 Å². The molecule has 1 aliphatic rings.